The fourth-order valence-corrected chi connectivity index (χ4v) is 2.96. The second-order valence-corrected chi connectivity index (χ2v) is 6.50. The molecule has 29 heavy (non-hydrogen) atoms. The van der Waals surface area contributed by atoms with E-state index in [-0.39, 0.29) is 10.6 Å². The summed E-state index contributed by atoms with van der Waals surface area (Å²) in [5.74, 6) is -0.644. The summed E-state index contributed by atoms with van der Waals surface area (Å²) in [7, 11) is 0. The minimum Gasteiger partial charge on any atom is -0.492 e. The fourth-order valence-electron chi connectivity index (χ4n) is 2.75. The van der Waals surface area contributed by atoms with Gasteiger partial charge in [0.1, 0.15) is 5.75 Å². The van der Waals surface area contributed by atoms with Crippen molar-refractivity contribution in [2.75, 3.05) is 11.9 Å². The zero-order valence-electron chi connectivity index (χ0n) is 15.8. The summed E-state index contributed by atoms with van der Waals surface area (Å²) in [6.07, 6.45) is -1.16. The first kappa shape index (κ1) is 20.4. The van der Waals surface area contributed by atoms with E-state index in [4.69, 9.17) is 21.1 Å². The molecule has 0 spiro atoms. The Morgan fingerprint density at radius 3 is 2.31 bits per heavy atom. The lowest BCUT2D eigenvalue weighted by Gasteiger charge is -2.19. The van der Waals surface area contributed by atoms with Crippen molar-refractivity contribution in [2.45, 2.75) is 13.0 Å². The number of anilines is 1. The van der Waals surface area contributed by atoms with Crippen molar-refractivity contribution < 1.29 is 19.1 Å². The molecule has 0 heterocycles. The summed E-state index contributed by atoms with van der Waals surface area (Å²) >= 11 is 6.10. The van der Waals surface area contributed by atoms with Crippen LogP contribution < -0.4 is 10.1 Å². The molecule has 0 bridgehead atoms. The predicted octanol–water partition coefficient (Wildman–Crippen LogP) is 5.28. The SMILES string of the molecule is CCOc1ccccc1NC(=O)[C@@H](OC(=O)c1ccccc1Cl)c1ccccc1. The van der Waals surface area contributed by atoms with Gasteiger partial charge in [-0.2, -0.15) is 0 Å². The van der Waals surface area contributed by atoms with E-state index in [0.29, 0.717) is 23.6 Å². The van der Waals surface area contributed by atoms with Gasteiger partial charge >= 0.3 is 5.97 Å². The Morgan fingerprint density at radius 2 is 1.59 bits per heavy atom. The average molecular weight is 410 g/mol. The summed E-state index contributed by atoms with van der Waals surface area (Å²) in [6.45, 7) is 2.31. The van der Waals surface area contributed by atoms with Gasteiger partial charge in [0, 0.05) is 5.56 Å². The molecule has 1 N–H and O–H groups in total. The third-order valence-electron chi connectivity index (χ3n) is 4.10. The van der Waals surface area contributed by atoms with Crippen molar-refractivity contribution >= 4 is 29.2 Å². The van der Waals surface area contributed by atoms with Gasteiger partial charge in [0.2, 0.25) is 6.10 Å². The third kappa shape index (κ3) is 5.15. The van der Waals surface area contributed by atoms with E-state index >= 15 is 0 Å². The Balaban J connectivity index is 1.87. The monoisotopic (exact) mass is 409 g/mol. The Kier molecular flexibility index (Phi) is 6.87. The van der Waals surface area contributed by atoms with Crippen LogP contribution in [-0.4, -0.2) is 18.5 Å². The molecule has 3 aromatic carbocycles. The number of hydrogen-bond donors (Lipinski definition) is 1. The molecule has 5 nitrogen and oxygen atoms in total. The van der Waals surface area contributed by atoms with Gasteiger partial charge in [-0.1, -0.05) is 66.2 Å². The maximum absolute atomic E-state index is 13.0. The van der Waals surface area contributed by atoms with Crippen molar-refractivity contribution in [3.05, 3.63) is 95.0 Å². The van der Waals surface area contributed by atoms with Crippen LogP contribution in [0, 0.1) is 0 Å². The first-order valence-corrected chi connectivity index (χ1v) is 9.51. The first-order chi connectivity index (χ1) is 14.1. The van der Waals surface area contributed by atoms with Crippen LogP contribution in [0.2, 0.25) is 5.02 Å². The third-order valence-corrected chi connectivity index (χ3v) is 4.43. The summed E-state index contributed by atoms with van der Waals surface area (Å²) in [4.78, 5) is 25.7. The molecule has 0 fully saturated rings. The van der Waals surface area contributed by atoms with Crippen molar-refractivity contribution in [2.24, 2.45) is 0 Å². The minimum absolute atomic E-state index is 0.192. The normalized spacial score (nSPS) is 11.4. The van der Waals surface area contributed by atoms with E-state index in [1.54, 1.807) is 66.7 Å². The lowest BCUT2D eigenvalue weighted by atomic mass is 10.1. The average Bonchev–Trinajstić information content (AvgIpc) is 2.74. The van der Waals surface area contributed by atoms with Crippen LogP contribution in [0.1, 0.15) is 28.9 Å². The fraction of sp³-hybridized carbons (Fsp3) is 0.130. The topological polar surface area (TPSA) is 64.6 Å². The molecule has 148 valence electrons. The maximum Gasteiger partial charge on any atom is 0.340 e. The number of ether oxygens (including phenoxy) is 2. The molecule has 1 atom stereocenters. The van der Waals surface area contributed by atoms with Crippen molar-refractivity contribution in [1.29, 1.82) is 0 Å². The van der Waals surface area contributed by atoms with Crippen LogP contribution in [0.4, 0.5) is 5.69 Å². The van der Waals surface area contributed by atoms with Crippen LogP contribution in [0.15, 0.2) is 78.9 Å². The number of carbonyl (C=O) groups is 2. The number of carbonyl (C=O) groups excluding carboxylic acids is 2. The summed E-state index contributed by atoms with van der Waals surface area (Å²) in [6, 6.07) is 22.4. The lowest BCUT2D eigenvalue weighted by molar-refractivity contribution is -0.125. The highest BCUT2D eigenvalue weighted by Crippen LogP contribution is 2.28. The Hall–Kier alpha value is -3.31. The molecule has 1 amide bonds. The number of para-hydroxylation sites is 2. The molecule has 6 heteroatoms. The quantitative estimate of drug-likeness (QED) is 0.539. The Bertz CT molecular complexity index is 991. The number of esters is 1. The van der Waals surface area contributed by atoms with E-state index in [0.717, 1.165) is 0 Å². The van der Waals surface area contributed by atoms with Crippen LogP contribution in [-0.2, 0) is 9.53 Å². The molecule has 3 aromatic rings. The highest BCUT2D eigenvalue weighted by atomic mass is 35.5. The van der Waals surface area contributed by atoms with Gasteiger partial charge < -0.3 is 14.8 Å². The van der Waals surface area contributed by atoms with E-state index < -0.39 is 18.0 Å². The van der Waals surface area contributed by atoms with Gasteiger partial charge in [0.15, 0.2) is 0 Å². The lowest BCUT2D eigenvalue weighted by Crippen LogP contribution is -2.26. The molecule has 3 rings (SSSR count). The summed E-state index contributed by atoms with van der Waals surface area (Å²) in [5.41, 5.74) is 1.23. The van der Waals surface area contributed by atoms with E-state index in [1.807, 2.05) is 19.1 Å². The predicted molar refractivity (Wildman–Crippen MR) is 112 cm³/mol. The highest BCUT2D eigenvalue weighted by molar-refractivity contribution is 6.33. The van der Waals surface area contributed by atoms with Gasteiger partial charge in [0.05, 0.1) is 22.9 Å². The molecule has 0 aliphatic carbocycles. The van der Waals surface area contributed by atoms with Gasteiger partial charge in [-0.25, -0.2) is 4.79 Å². The molecular weight excluding hydrogens is 390 g/mol. The van der Waals surface area contributed by atoms with Crippen LogP contribution in [0.3, 0.4) is 0 Å². The zero-order chi connectivity index (χ0) is 20.6. The number of rotatable bonds is 7. The van der Waals surface area contributed by atoms with E-state index in [2.05, 4.69) is 5.32 Å². The zero-order valence-corrected chi connectivity index (χ0v) is 16.6. The second kappa shape index (κ2) is 9.75. The van der Waals surface area contributed by atoms with Crippen molar-refractivity contribution in [1.82, 2.24) is 0 Å². The number of amides is 1. The van der Waals surface area contributed by atoms with Gasteiger partial charge in [0.25, 0.3) is 5.91 Å². The smallest absolute Gasteiger partial charge is 0.340 e. The second-order valence-electron chi connectivity index (χ2n) is 6.09. The molecule has 0 aliphatic heterocycles. The summed E-state index contributed by atoms with van der Waals surface area (Å²) in [5, 5.41) is 3.05. The molecule has 0 radical (unpaired) electrons. The maximum atomic E-state index is 13.0. The number of hydrogen-bond acceptors (Lipinski definition) is 4. The van der Waals surface area contributed by atoms with Gasteiger partial charge in [-0.05, 0) is 31.2 Å². The van der Waals surface area contributed by atoms with Gasteiger partial charge in [-0.15, -0.1) is 0 Å². The van der Waals surface area contributed by atoms with Crippen molar-refractivity contribution in [3.8, 4) is 5.75 Å². The van der Waals surface area contributed by atoms with Gasteiger partial charge in [-0.3, -0.25) is 4.79 Å². The molecule has 0 unspecified atom stereocenters. The number of nitrogens with one attached hydrogen (secondary N) is 1. The van der Waals surface area contributed by atoms with Crippen LogP contribution >= 0.6 is 11.6 Å². The minimum atomic E-state index is -1.16. The van der Waals surface area contributed by atoms with Crippen LogP contribution in [0.5, 0.6) is 5.75 Å². The van der Waals surface area contributed by atoms with Crippen LogP contribution in [0.25, 0.3) is 0 Å². The molecule has 0 aliphatic rings. The Labute approximate surface area is 174 Å². The number of halogens is 1. The molecule has 0 saturated carbocycles. The largest absolute Gasteiger partial charge is 0.492 e. The highest BCUT2D eigenvalue weighted by Gasteiger charge is 2.27. The molecule has 0 saturated heterocycles. The summed E-state index contributed by atoms with van der Waals surface area (Å²) < 4.78 is 11.1. The standard InChI is InChI=1S/C23H20ClNO4/c1-2-28-20-15-9-8-14-19(20)25-22(26)21(16-10-4-3-5-11-16)29-23(27)17-12-6-7-13-18(17)24/h3-15,21H,2H2,1H3,(H,25,26)/t21-/m0/s1. The first-order valence-electron chi connectivity index (χ1n) is 9.13. The van der Waals surface area contributed by atoms with E-state index in [9.17, 15) is 9.59 Å². The molecular formula is C23H20ClNO4. The van der Waals surface area contributed by atoms with E-state index in [1.165, 1.54) is 0 Å². The molecule has 0 aromatic heterocycles. The Morgan fingerprint density at radius 1 is 0.931 bits per heavy atom. The van der Waals surface area contributed by atoms with Crippen molar-refractivity contribution in [3.63, 3.8) is 0 Å². The number of benzene rings is 3.